The van der Waals surface area contributed by atoms with Gasteiger partial charge in [0, 0.05) is 18.7 Å². The number of rotatable bonds is 4. The second-order valence-electron chi connectivity index (χ2n) is 5.66. The molecular weight excluding hydrogens is 260 g/mol. The second kappa shape index (κ2) is 5.57. The highest BCUT2D eigenvalue weighted by Gasteiger charge is 2.34. The molecule has 0 saturated carbocycles. The largest absolute Gasteiger partial charge is 0.462 e. The highest BCUT2D eigenvalue weighted by Crippen LogP contribution is 2.33. The summed E-state index contributed by atoms with van der Waals surface area (Å²) in [7, 11) is 0. The smallest absolute Gasteiger partial charge is 0.319 e. The zero-order chi connectivity index (χ0) is 14.2. The third-order valence-electron chi connectivity index (χ3n) is 3.34. The molecule has 106 valence electrons. The Bertz CT molecular complexity index is 482. The van der Waals surface area contributed by atoms with Gasteiger partial charge in [0.2, 0.25) is 0 Å². The first kappa shape index (κ1) is 14.4. The number of carbonyl (C=O) groups is 1. The summed E-state index contributed by atoms with van der Waals surface area (Å²) >= 11 is 1.54. The summed E-state index contributed by atoms with van der Waals surface area (Å²) in [4.78, 5) is 16.3. The van der Waals surface area contributed by atoms with Crippen LogP contribution in [0.1, 0.15) is 38.6 Å². The van der Waals surface area contributed by atoms with Crippen molar-refractivity contribution in [1.29, 1.82) is 0 Å². The number of aromatic nitrogens is 2. The number of carbonyl (C=O) groups excluding carboxylic acids is 1. The van der Waals surface area contributed by atoms with Crippen LogP contribution in [0.15, 0.2) is 5.16 Å². The highest BCUT2D eigenvalue weighted by molar-refractivity contribution is 8.00. The van der Waals surface area contributed by atoms with Gasteiger partial charge in [-0.2, -0.15) is 0 Å². The first-order chi connectivity index (χ1) is 8.88. The lowest BCUT2D eigenvalue weighted by Crippen LogP contribution is -2.13. The molecule has 1 aromatic rings. The topological polar surface area (TPSA) is 44.1 Å². The summed E-state index contributed by atoms with van der Waals surface area (Å²) in [5.74, 6) is 0.452. The zero-order valence-electron chi connectivity index (χ0n) is 12.3. The molecular formula is C14H22N2O2S. The lowest BCUT2D eigenvalue weighted by molar-refractivity contribution is -0.140. The van der Waals surface area contributed by atoms with Crippen molar-refractivity contribution in [3.8, 4) is 0 Å². The van der Waals surface area contributed by atoms with Gasteiger partial charge in [0.15, 0.2) is 5.16 Å². The predicted octanol–water partition coefficient (Wildman–Crippen LogP) is 2.95. The molecule has 1 aromatic heterocycles. The Kier molecular flexibility index (Phi) is 4.23. The Balaban J connectivity index is 2.20. The average Bonchev–Trinajstić information content (AvgIpc) is 2.74. The number of hydrogen-bond acceptors (Lipinski definition) is 4. The molecule has 0 radical (unpaired) electrons. The predicted molar refractivity (Wildman–Crippen MR) is 76.4 cm³/mol. The van der Waals surface area contributed by atoms with Gasteiger partial charge in [0.25, 0.3) is 0 Å². The fraction of sp³-hybridized carbons (Fsp3) is 0.714. The minimum absolute atomic E-state index is 0.0284. The molecule has 0 unspecified atom stereocenters. The Morgan fingerprint density at radius 2 is 2.16 bits per heavy atom. The first-order valence-electron chi connectivity index (χ1n) is 6.79. The number of hydrogen-bond donors (Lipinski definition) is 0. The van der Waals surface area contributed by atoms with Crippen molar-refractivity contribution in [2.45, 2.75) is 64.1 Å². The van der Waals surface area contributed by atoms with E-state index in [1.54, 1.807) is 11.8 Å². The van der Waals surface area contributed by atoms with E-state index in [1.807, 2.05) is 13.8 Å². The molecule has 2 atom stereocenters. The van der Waals surface area contributed by atoms with E-state index in [0.29, 0.717) is 5.92 Å². The summed E-state index contributed by atoms with van der Waals surface area (Å²) in [5.41, 5.74) is 2.23. The molecule has 2 heterocycles. The monoisotopic (exact) mass is 282 g/mol. The van der Waals surface area contributed by atoms with Gasteiger partial charge in [-0.3, -0.25) is 4.79 Å². The van der Waals surface area contributed by atoms with Crippen molar-refractivity contribution < 1.29 is 9.53 Å². The normalized spacial score (nSPS) is 23.2. The molecule has 1 aliphatic rings. The summed E-state index contributed by atoms with van der Waals surface area (Å²) in [6, 6.07) is 0. The summed E-state index contributed by atoms with van der Waals surface area (Å²) in [5, 5.41) is 0.835. The Hall–Kier alpha value is -0.970. The van der Waals surface area contributed by atoms with E-state index in [9.17, 15) is 4.79 Å². The van der Waals surface area contributed by atoms with Crippen LogP contribution in [0.2, 0.25) is 0 Å². The molecule has 4 nitrogen and oxygen atoms in total. The van der Waals surface area contributed by atoms with Gasteiger partial charge in [-0.15, -0.1) is 0 Å². The third kappa shape index (κ3) is 3.14. The fourth-order valence-corrected chi connectivity index (χ4v) is 3.54. The van der Waals surface area contributed by atoms with Crippen LogP contribution in [0.4, 0.5) is 0 Å². The Labute approximate surface area is 118 Å². The summed E-state index contributed by atoms with van der Waals surface area (Å²) < 4.78 is 7.43. The van der Waals surface area contributed by atoms with Crippen LogP contribution in [0.3, 0.4) is 0 Å². The van der Waals surface area contributed by atoms with E-state index >= 15 is 0 Å². The van der Waals surface area contributed by atoms with Gasteiger partial charge >= 0.3 is 5.97 Å². The molecule has 0 aromatic carbocycles. The number of nitrogens with zero attached hydrogens (tertiary/aromatic N) is 2. The van der Waals surface area contributed by atoms with Crippen molar-refractivity contribution in [3.63, 3.8) is 0 Å². The average molecular weight is 282 g/mol. The highest BCUT2D eigenvalue weighted by atomic mass is 32.2. The summed E-state index contributed by atoms with van der Waals surface area (Å²) in [6.07, 6.45) is 0.802. The number of aryl methyl sites for hydroxylation is 1. The molecule has 0 spiro atoms. The lowest BCUT2D eigenvalue weighted by Gasteiger charge is -2.13. The third-order valence-corrected chi connectivity index (χ3v) is 4.54. The maximum absolute atomic E-state index is 11.7. The molecule has 2 rings (SSSR count). The zero-order valence-corrected chi connectivity index (χ0v) is 13.1. The van der Waals surface area contributed by atoms with Crippen molar-refractivity contribution in [2.75, 3.05) is 0 Å². The van der Waals surface area contributed by atoms with E-state index in [2.05, 4.69) is 30.3 Å². The number of ether oxygens (including phenoxy) is 1. The minimum atomic E-state index is -0.109. The minimum Gasteiger partial charge on any atom is -0.462 e. The van der Waals surface area contributed by atoms with Crippen molar-refractivity contribution in [2.24, 2.45) is 5.92 Å². The van der Waals surface area contributed by atoms with E-state index in [4.69, 9.17) is 4.74 Å². The van der Waals surface area contributed by atoms with Gasteiger partial charge < -0.3 is 9.30 Å². The Morgan fingerprint density at radius 1 is 1.47 bits per heavy atom. The van der Waals surface area contributed by atoms with Gasteiger partial charge in [0.1, 0.15) is 11.4 Å². The second-order valence-corrected chi connectivity index (χ2v) is 6.83. The van der Waals surface area contributed by atoms with Crippen molar-refractivity contribution in [1.82, 2.24) is 9.55 Å². The van der Waals surface area contributed by atoms with Crippen molar-refractivity contribution >= 4 is 17.7 Å². The van der Waals surface area contributed by atoms with Gasteiger partial charge in [-0.1, -0.05) is 25.6 Å². The molecule has 1 aliphatic heterocycles. The van der Waals surface area contributed by atoms with Crippen LogP contribution in [0.5, 0.6) is 0 Å². The van der Waals surface area contributed by atoms with Crippen LogP contribution < -0.4 is 0 Å². The summed E-state index contributed by atoms with van der Waals surface area (Å²) in [6.45, 7) is 11.4. The van der Waals surface area contributed by atoms with Crippen LogP contribution in [-0.2, 0) is 16.1 Å². The molecule has 0 aliphatic carbocycles. The quantitative estimate of drug-likeness (QED) is 0.796. The molecule has 0 bridgehead atoms. The van der Waals surface area contributed by atoms with Crippen molar-refractivity contribution in [3.05, 3.63) is 11.4 Å². The number of imidazole rings is 1. The molecule has 0 amide bonds. The van der Waals surface area contributed by atoms with E-state index in [1.165, 1.54) is 5.69 Å². The molecule has 19 heavy (non-hydrogen) atoms. The lowest BCUT2D eigenvalue weighted by atomic mass is 10.2. The fourth-order valence-electron chi connectivity index (χ4n) is 2.24. The molecule has 1 fully saturated rings. The molecule has 5 heteroatoms. The van der Waals surface area contributed by atoms with E-state index in [-0.39, 0.29) is 17.3 Å². The van der Waals surface area contributed by atoms with E-state index < -0.39 is 0 Å². The number of thioether (sulfide) groups is 1. The maximum Gasteiger partial charge on any atom is 0.319 e. The van der Waals surface area contributed by atoms with Gasteiger partial charge in [-0.05, 0) is 26.7 Å². The number of esters is 1. The van der Waals surface area contributed by atoms with Crippen LogP contribution in [0, 0.1) is 19.8 Å². The van der Waals surface area contributed by atoms with Crippen LogP contribution in [0.25, 0.3) is 0 Å². The Morgan fingerprint density at radius 3 is 2.68 bits per heavy atom. The molecule has 1 saturated heterocycles. The van der Waals surface area contributed by atoms with Gasteiger partial charge in [-0.25, -0.2) is 4.98 Å². The van der Waals surface area contributed by atoms with Crippen LogP contribution in [-0.4, -0.2) is 26.9 Å². The van der Waals surface area contributed by atoms with Crippen LogP contribution >= 0.6 is 11.8 Å². The van der Waals surface area contributed by atoms with Gasteiger partial charge in [0.05, 0.1) is 5.69 Å². The maximum atomic E-state index is 11.7. The SMILES string of the molecule is Cc1nc(S[C@@H]2C[C@H](C)OC2=O)n(CC(C)C)c1C. The first-order valence-corrected chi connectivity index (χ1v) is 7.67. The number of cyclic esters (lactones) is 1. The standard InChI is InChI=1S/C14H22N2O2S/c1-8(2)7-16-11(5)10(4)15-14(16)19-12-6-9(3)18-13(12)17/h8-9,12H,6-7H2,1-5H3/t9-,12+/m0/s1. The van der Waals surface area contributed by atoms with E-state index in [0.717, 1.165) is 23.8 Å². The molecule has 0 N–H and O–H groups in total.